The lowest BCUT2D eigenvalue weighted by molar-refractivity contribution is 0.546. The maximum absolute atomic E-state index is 5.75. The molecule has 0 fully saturated rings. The second-order valence-corrected chi connectivity index (χ2v) is 6.01. The minimum absolute atomic E-state index is 0.126. The van der Waals surface area contributed by atoms with Gasteiger partial charge in [-0.3, -0.25) is 11.3 Å². The van der Waals surface area contributed by atoms with E-state index >= 15 is 0 Å². The van der Waals surface area contributed by atoms with Gasteiger partial charge in [-0.25, -0.2) is 4.98 Å². The molecular weight excluding hydrogens is 254 g/mol. The van der Waals surface area contributed by atoms with Gasteiger partial charge in [0.25, 0.3) is 0 Å². The Morgan fingerprint density at radius 3 is 2.63 bits per heavy atom. The zero-order valence-electron chi connectivity index (χ0n) is 11.7. The summed E-state index contributed by atoms with van der Waals surface area (Å²) in [4.78, 5) is 5.89. The Morgan fingerprint density at radius 2 is 2.05 bits per heavy atom. The molecule has 3 N–H and O–H groups in total. The molecule has 0 spiro atoms. The second-order valence-electron chi connectivity index (χ2n) is 4.72. The predicted octanol–water partition coefficient (Wildman–Crippen LogP) is 3.07. The third-order valence-electron chi connectivity index (χ3n) is 3.46. The van der Waals surface area contributed by atoms with Crippen molar-refractivity contribution in [3.8, 4) is 0 Å². The molecular formula is C15H21N3S. The number of thiazole rings is 1. The van der Waals surface area contributed by atoms with Crippen LogP contribution in [0.1, 0.15) is 39.7 Å². The maximum atomic E-state index is 5.75. The van der Waals surface area contributed by atoms with Gasteiger partial charge < -0.3 is 0 Å². The summed E-state index contributed by atoms with van der Waals surface area (Å²) >= 11 is 1.76. The first-order valence-corrected chi connectivity index (χ1v) is 7.44. The zero-order valence-corrected chi connectivity index (χ0v) is 12.6. The third-order valence-corrected chi connectivity index (χ3v) is 4.56. The number of aryl methyl sites for hydroxylation is 3. The second kappa shape index (κ2) is 6.28. The van der Waals surface area contributed by atoms with Crippen LogP contribution >= 0.6 is 11.3 Å². The van der Waals surface area contributed by atoms with Gasteiger partial charge in [0.2, 0.25) is 0 Å². The molecule has 0 amide bonds. The van der Waals surface area contributed by atoms with Gasteiger partial charge in [-0.1, -0.05) is 31.2 Å². The number of hydrazine groups is 1. The van der Waals surface area contributed by atoms with Gasteiger partial charge in [-0.15, -0.1) is 11.3 Å². The number of nitrogens with zero attached hydrogens (tertiary/aromatic N) is 1. The average Bonchev–Trinajstić information content (AvgIpc) is 2.75. The highest BCUT2D eigenvalue weighted by molar-refractivity contribution is 7.11. The molecule has 4 heteroatoms. The molecule has 1 unspecified atom stereocenters. The van der Waals surface area contributed by atoms with Crippen molar-refractivity contribution < 1.29 is 0 Å². The summed E-state index contributed by atoms with van der Waals surface area (Å²) in [7, 11) is 0. The third kappa shape index (κ3) is 3.21. The van der Waals surface area contributed by atoms with E-state index in [0.717, 1.165) is 23.5 Å². The van der Waals surface area contributed by atoms with Crippen LogP contribution in [-0.2, 0) is 12.8 Å². The predicted molar refractivity (Wildman–Crippen MR) is 81.2 cm³/mol. The smallest absolute Gasteiger partial charge is 0.0950 e. The fraction of sp³-hybridized carbons (Fsp3) is 0.400. The largest absolute Gasteiger partial charge is 0.271 e. The lowest BCUT2D eigenvalue weighted by atomic mass is 9.97. The van der Waals surface area contributed by atoms with Crippen LogP contribution in [0, 0.1) is 13.8 Å². The van der Waals surface area contributed by atoms with E-state index in [2.05, 4.69) is 55.4 Å². The molecule has 1 aromatic heterocycles. The monoisotopic (exact) mass is 275 g/mol. The number of benzene rings is 1. The molecule has 1 heterocycles. The van der Waals surface area contributed by atoms with E-state index in [1.807, 2.05) is 0 Å². The molecule has 102 valence electrons. The van der Waals surface area contributed by atoms with Crippen LogP contribution < -0.4 is 11.3 Å². The molecule has 1 atom stereocenters. The van der Waals surface area contributed by atoms with Crippen LogP contribution in [0.25, 0.3) is 0 Å². The standard InChI is InChI=1S/C15H21N3S/c1-4-12-7-5-6-8-13(12)14(18-16)9-15-17-10(2)11(3)19-15/h5-8,14,18H,4,9,16H2,1-3H3. The Morgan fingerprint density at radius 1 is 1.32 bits per heavy atom. The maximum Gasteiger partial charge on any atom is 0.0950 e. The van der Waals surface area contributed by atoms with Crippen LogP contribution in [0.5, 0.6) is 0 Å². The van der Waals surface area contributed by atoms with E-state index < -0.39 is 0 Å². The summed E-state index contributed by atoms with van der Waals surface area (Å²) < 4.78 is 0. The minimum Gasteiger partial charge on any atom is -0.271 e. The van der Waals surface area contributed by atoms with E-state index in [1.165, 1.54) is 16.0 Å². The summed E-state index contributed by atoms with van der Waals surface area (Å²) in [5.41, 5.74) is 6.68. The van der Waals surface area contributed by atoms with Gasteiger partial charge in [0, 0.05) is 11.3 Å². The first kappa shape index (κ1) is 14.2. The Kier molecular flexibility index (Phi) is 4.69. The first-order chi connectivity index (χ1) is 9.15. The van der Waals surface area contributed by atoms with Gasteiger partial charge in [0.15, 0.2) is 0 Å². The van der Waals surface area contributed by atoms with Gasteiger partial charge in [0.05, 0.1) is 16.7 Å². The van der Waals surface area contributed by atoms with Crippen molar-refractivity contribution in [2.24, 2.45) is 5.84 Å². The van der Waals surface area contributed by atoms with Crippen molar-refractivity contribution in [2.45, 2.75) is 39.7 Å². The van der Waals surface area contributed by atoms with Crippen molar-refractivity contribution in [3.63, 3.8) is 0 Å². The van der Waals surface area contributed by atoms with Gasteiger partial charge in [0.1, 0.15) is 0 Å². The number of aromatic nitrogens is 1. The van der Waals surface area contributed by atoms with E-state index in [0.29, 0.717) is 0 Å². The summed E-state index contributed by atoms with van der Waals surface area (Å²) in [6.07, 6.45) is 1.86. The van der Waals surface area contributed by atoms with Crippen molar-refractivity contribution in [1.82, 2.24) is 10.4 Å². The number of hydrogen-bond acceptors (Lipinski definition) is 4. The Labute approximate surface area is 118 Å². The van der Waals surface area contributed by atoms with Gasteiger partial charge >= 0.3 is 0 Å². The molecule has 2 rings (SSSR count). The van der Waals surface area contributed by atoms with Gasteiger partial charge in [-0.2, -0.15) is 0 Å². The molecule has 0 aliphatic heterocycles. The Hall–Kier alpha value is -1.23. The van der Waals surface area contributed by atoms with Crippen LogP contribution in [-0.4, -0.2) is 4.98 Å². The normalized spacial score (nSPS) is 12.6. The topological polar surface area (TPSA) is 50.9 Å². The summed E-state index contributed by atoms with van der Waals surface area (Å²) in [5, 5.41) is 1.14. The molecule has 0 saturated carbocycles. The summed E-state index contributed by atoms with van der Waals surface area (Å²) in [6, 6.07) is 8.58. The molecule has 0 saturated heterocycles. The van der Waals surface area contributed by atoms with Crippen LogP contribution in [0.15, 0.2) is 24.3 Å². The van der Waals surface area contributed by atoms with E-state index in [1.54, 1.807) is 11.3 Å². The highest BCUT2D eigenvalue weighted by Crippen LogP contribution is 2.25. The van der Waals surface area contributed by atoms with Crippen molar-refractivity contribution >= 4 is 11.3 Å². The molecule has 0 aliphatic rings. The van der Waals surface area contributed by atoms with E-state index in [9.17, 15) is 0 Å². The highest BCUT2D eigenvalue weighted by atomic mass is 32.1. The average molecular weight is 275 g/mol. The van der Waals surface area contributed by atoms with Crippen molar-refractivity contribution in [3.05, 3.63) is 51.0 Å². The van der Waals surface area contributed by atoms with E-state index in [-0.39, 0.29) is 6.04 Å². The molecule has 0 radical (unpaired) electrons. The number of rotatable bonds is 5. The minimum atomic E-state index is 0.126. The number of nitrogens with two attached hydrogens (primary N) is 1. The fourth-order valence-corrected chi connectivity index (χ4v) is 3.24. The van der Waals surface area contributed by atoms with Crippen molar-refractivity contribution in [1.29, 1.82) is 0 Å². The highest BCUT2D eigenvalue weighted by Gasteiger charge is 2.16. The van der Waals surface area contributed by atoms with Crippen LogP contribution in [0.2, 0.25) is 0 Å². The van der Waals surface area contributed by atoms with Crippen LogP contribution in [0.3, 0.4) is 0 Å². The Balaban J connectivity index is 2.24. The quantitative estimate of drug-likeness (QED) is 0.651. The molecule has 2 aromatic rings. The van der Waals surface area contributed by atoms with Crippen LogP contribution in [0.4, 0.5) is 0 Å². The lowest BCUT2D eigenvalue weighted by Gasteiger charge is -2.18. The fourth-order valence-electron chi connectivity index (χ4n) is 2.26. The van der Waals surface area contributed by atoms with Gasteiger partial charge in [-0.05, 0) is 31.4 Å². The lowest BCUT2D eigenvalue weighted by Crippen LogP contribution is -2.30. The molecule has 1 aromatic carbocycles. The van der Waals surface area contributed by atoms with E-state index in [4.69, 9.17) is 5.84 Å². The summed E-state index contributed by atoms with van der Waals surface area (Å²) in [6.45, 7) is 6.34. The Bertz CT molecular complexity index is 529. The molecule has 3 nitrogen and oxygen atoms in total. The summed E-state index contributed by atoms with van der Waals surface area (Å²) in [5.74, 6) is 5.75. The molecule has 0 bridgehead atoms. The number of nitrogens with one attached hydrogen (secondary N) is 1. The zero-order chi connectivity index (χ0) is 13.8. The molecule has 0 aliphatic carbocycles. The first-order valence-electron chi connectivity index (χ1n) is 6.62. The van der Waals surface area contributed by atoms with Crippen molar-refractivity contribution in [2.75, 3.05) is 0 Å². The molecule has 19 heavy (non-hydrogen) atoms. The SMILES string of the molecule is CCc1ccccc1C(Cc1nc(C)c(C)s1)NN. The number of hydrogen-bond donors (Lipinski definition) is 2.